The number of hydrogen-bond acceptors (Lipinski definition) is 4. The lowest BCUT2D eigenvalue weighted by Gasteiger charge is -2.37. The first-order chi connectivity index (χ1) is 9.28. The van der Waals surface area contributed by atoms with E-state index in [9.17, 15) is 4.79 Å². The Labute approximate surface area is 112 Å². The summed E-state index contributed by atoms with van der Waals surface area (Å²) in [5, 5.41) is 1.98. The standard InChI is InChI=1S/C15H19NO3/c17-14-12-11-9-4-5-10(8-9)13(11)19-16(12)15(18-14)6-2-1-3-7-15/h4-5,9-13H,1-3,6-8H2/t9-,10+,11-,12+,13-/m1/s1. The molecular formula is C15H19NO3. The fraction of sp³-hybridized carbons (Fsp3) is 0.800. The van der Waals surface area contributed by atoms with Crippen LogP contribution in [0.4, 0.5) is 0 Å². The summed E-state index contributed by atoms with van der Waals surface area (Å²) in [7, 11) is 0. The molecule has 1 spiro atoms. The topological polar surface area (TPSA) is 38.8 Å². The van der Waals surface area contributed by atoms with Gasteiger partial charge in [-0.1, -0.05) is 18.6 Å². The fourth-order valence-corrected chi connectivity index (χ4v) is 5.05. The number of carbonyl (C=O) groups is 1. The summed E-state index contributed by atoms with van der Waals surface area (Å²) in [5.74, 6) is 1.35. The Morgan fingerprint density at radius 3 is 2.79 bits per heavy atom. The first kappa shape index (κ1) is 10.9. The van der Waals surface area contributed by atoms with Crippen molar-refractivity contribution in [1.29, 1.82) is 0 Å². The molecule has 0 unspecified atom stereocenters. The van der Waals surface area contributed by atoms with Crippen molar-refractivity contribution >= 4 is 5.97 Å². The van der Waals surface area contributed by atoms with E-state index in [1.54, 1.807) is 0 Å². The van der Waals surface area contributed by atoms with Crippen LogP contribution < -0.4 is 0 Å². The summed E-state index contributed by atoms with van der Waals surface area (Å²) in [6.45, 7) is 0. The number of fused-ring (bicyclic) bond motifs is 8. The van der Waals surface area contributed by atoms with Gasteiger partial charge in [0.15, 0.2) is 5.72 Å². The van der Waals surface area contributed by atoms with Crippen LogP contribution in [0, 0.1) is 17.8 Å². The van der Waals surface area contributed by atoms with Crippen LogP contribution in [0.25, 0.3) is 0 Å². The van der Waals surface area contributed by atoms with Crippen LogP contribution in [0.1, 0.15) is 38.5 Å². The molecule has 19 heavy (non-hydrogen) atoms. The van der Waals surface area contributed by atoms with Crippen LogP contribution in [-0.2, 0) is 14.4 Å². The quantitative estimate of drug-likeness (QED) is 0.494. The Morgan fingerprint density at radius 1 is 1.16 bits per heavy atom. The van der Waals surface area contributed by atoms with E-state index in [0.29, 0.717) is 17.8 Å². The van der Waals surface area contributed by atoms with Crippen LogP contribution in [0.15, 0.2) is 12.2 Å². The number of hydroxylamine groups is 2. The lowest BCUT2D eigenvalue weighted by atomic mass is 9.85. The minimum atomic E-state index is -0.427. The van der Waals surface area contributed by atoms with Crippen LogP contribution in [-0.4, -0.2) is 28.9 Å². The van der Waals surface area contributed by atoms with Gasteiger partial charge in [-0.25, -0.2) is 0 Å². The van der Waals surface area contributed by atoms with Crippen molar-refractivity contribution < 1.29 is 14.4 Å². The van der Waals surface area contributed by atoms with E-state index in [1.807, 2.05) is 5.06 Å². The minimum absolute atomic E-state index is 0.0321. The van der Waals surface area contributed by atoms with E-state index in [0.717, 1.165) is 25.7 Å². The SMILES string of the molecule is O=C1OC2(CCCCC2)N2O[C@H]3[C@H]([C@@H]4C=C[C@H]3C4)[C@@H]12. The second kappa shape index (κ2) is 3.41. The molecule has 0 amide bonds. The van der Waals surface area contributed by atoms with E-state index in [4.69, 9.17) is 9.57 Å². The maximum atomic E-state index is 12.4. The van der Waals surface area contributed by atoms with Gasteiger partial charge in [0.05, 0.1) is 6.10 Å². The van der Waals surface area contributed by atoms with Gasteiger partial charge in [-0.05, 0) is 25.2 Å². The van der Waals surface area contributed by atoms with Crippen molar-refractivity contribution in [1.82, 2.24) is 5.06 Å². The molecule has 5 atom stereocenters. The summed E-state index contributed by atoms with van der Waals surface area (Å²) < 4.78 is 5.81. The molecule has 4 nitrogen and oxygen atoms in total. The normalized spacial score (nSPS) is 49.7. The predicted molar refractivity (Wildman–Crippen MR) is 66.6 cm³/mol. The minimum Gasteiger partial charge on any atom is -0.440 e. The van der Waals surface area contributed by atoms with Crippen molar-refractivity contribution in [2.45, 2.75) is 56.4 Å². The van der Waals surface area contributed by atoms with E-state index in [2.05, 4.69) is 12.2 Å². The average Bonchev–Trinajstić information content (AvgIpc) is 3.13. The van der Waals surface area contributed by atoms with Crippen LogP contribution in [0.3, 0.4) is 0 Å². The molecule has 4 fully saturated rings. The molecule has 102 valence electrons. The molecule has 4 heteroatoms. The van der Waals surface area contributed by atoms with Crippen LogP contribution in [0.2, 0.25) is 0 Å². The number of nitrogens with zero attached hydrogens (tertiary/aromatic N) is 1. The Hall–Kier alpha value is -0.870. The number of ether oxygens (including phenoxy) is 1. The zero-order valence-corrected chi connectivity index (χ0v) is 11.0. The van der Waals surface area contributed by atoms with Crippen molar-refractivity contribution in [3.8, 4) is 0 Å². The Bertz CT molecular complexity index is 468. The lowest BCUT2D eigenvalue weighted by Crippen LogP contribution is -2.47. The fourth-order valence-electron chi connectivity index (χ4n) is 5.05. The van der Waals surface area contributed by atoms with Gasteiger partial charge < -0.3 is 4.74 Å². The van der Waals surface area contributed by atoms with Crippen molar-refractivity contribution in [3.05, 3.63) is 12.2 Å². The number of esters is 1. The summed E-state index contributed by atoms with van der Waals surface area (Å²) in [6.07, 6.45) is 11.4. The second-order valence-corrected chi connectivity index (χ2v) is 6.79. The maximum absolute atomic E-state index is 12.4. The van der Waals surface area contributed by atoms with Crippen LogP contribution >= 0.6 is 0 Å². The Balaban J connectivity index is 1.53. The zero-order valence-electron chi connectivity index (χ0n) is 11.0. The van der Waals surface area contributed by atoms with E-state index >= 15 is 0 Å². The Kier molecular flexibility index (Phi) is 1.95. The third-order valence-electron chi connectivity index (χ3n) is 5.87. The number of hydrogen-bond donors (Lipinski definition) is 0. The van der Waals surface area contributed by atoms with Gasteiger partial charge in [0.25, 0.3) is 0 Å². The average molecular weight is 261 g/mol. The molecule has 0 aromatic rings. The van der Waals surface area contributed by atoms with Gasteiger partial charge >= 0.3 is 5.97 Å². The molecule has 2 saturated carbocycles. The summed E-state index contributed by atoms with van der Waals surface area (Å²) in [5.41, 5.74) is -0.427. The molecule has 2 bridgehead atoms. The van der Waals surface area contributed by atoms with Crippen LogP contribution in [0.5, 0.6) is 0 Å². The van der Waals surface area contributed by atoms with E-state index in [1.165, 1.54) is 12.8 Å². The van der Waals surface area contributed by atoms with Crippen molar-refractivity contribution in [3.63, 3.8) is 0 Å². The third kappa shape index (κ3) is 1.20. The molecule has 0 aromatic heterocycles. The van der Waals surface area contributed by atoms with Gasteiger partial charge in [0, 0.05) is 24.7 Å². The molecule has 2 saturated heterocycles. The first-order valence-corrected chi connectivity index (χ1v) is 7.66. The highest BCUT2D eigenvalue weighted by Gasteiger charge is 2.67. The van der Waals surface area contributed by atoms with Gasteiger partial charge in [0.1, 0.15) is 6.04 Å². The highest BCUT2D eigenvalue weighted by Crippen LogP contribution is 2.57. The maximum Gasteiger partial charge on any atom is 0.328 e. The Morgan fingerprint density at radius 2 is 1.95 bits per heavy atom. The highest BCUT2D eigenvalue weighted by atomic mass is 16.8. The molecule has 3 aliphatic carbocycles. The molecule has 0 N–H and O–H groups in total. The number of allylic oxidation sites excluding steroid dienone is 1. The summed E-state index contributed by atoms with van der Waals surface area (Å²) >= 11 is 0. The van der Waals surface area contributed by atoms with E-state index in [-0.39, 0.29) is 18.1 Å². The van der Waals surface area contributed by atoms with Gasteiger partial charge in [-0.2, -0.15) is 0 Å². The monoisotopic (exact) mass is 261 g/mol. The number of rotatable bonds is 0. The molecule has 5 aliphatic rings. The molecule has 5 rings (SSSR count). The van der Waals surface area contributed by atoms with Crippen molar-refractivity contribution in [2.24, 2.45) is 17.8 Å². The largest absolute Gasteiger partial charge is 0.440 e. The second-order valence-electron chi connectivity index (χ2n) is 6.79. The van der Waals surface area contributed by atoms with Gasteiger partial charge in [0.2, 0.25) is 0 Å². The molecule has 2 heterocycles. The third-order valence-corrected chi connectivity index (χ3v) is 5.87. The highest BCUT2D eigenvalue weighted by molar-refractivity contribution is 5.79. The zero-order chi connectivity index (χ0) is 12.6. The summed E-state index contributed by atoms with van der Waals surface area (Å²) in [6, 6.07) is -0.136. The van der Waals surface area contributed by atoms with E-state index < -0.39 is 5.72 Å². The molecule has 0 radical (unpaired) electrons. The molecule has 0 aromatic carbocycles. The smallest absolute Gasteiger partial charge is 0.328 e. The molecular weight excluding hydrogens is 242 g/mol. The first-order valence-electron chi connectivity index (χ1n) is 7.66. The molecule has 2 aliphatic heterocycles. The lowest BCUT2D eigenvalue weighted by molar-refractivity contribution is -0.273. The number of carbonyl (C=O) groups excluding carboxylic acids is 1. The van der Waals surface area contributed by atoms with Crippen molar-refractivity contribution in [2.75, 3.05) is 0 Å². The van der Waals surface area contributed by atoms with Gasteiger partial charge in [-0.15, -0.1) is 5.06 Å². The predicted octanol–water partition coefficient (Wildman–Crippen LogP) is 2.01. The summed E-state index contributed by atoms with van der Waals surface area (Å²) in [4.78, 5) is 18.6. The van der Waals surface area contributed by atoms with Gasteiger partial charge in [-0.3, -0.25) is 9.63 Å².